The summed E-state index contributed by atoms with van der Waals surface area (Å²) < 4.78 is 0. The molecule has 65 heavy (non-hydrogen) atoms. The quantitative estimate of drug-likeness (QED) is 0.154. The largest absolute Gasteiger partial charge is 0.311 e. The van der Waals surface area contributed by atoms with Crippen molar-refractivity contribution >= 4 is 78.8 Å². The fourth-order valence-electron chi connectivity index (χ4n) is 10.6. The van der Waals surface area contributed by atoms with E-state index in [4.69, 9.17) is 0 Å². The molecule has 11 aromatic rings. The van der Waals surface area contributed by atoms with Crippen molar-refractivity contribution in [2.45, 2.75) is 0 Å². The van der Waals surface area contributed by atoms with Gasteiger partial charge in [-0.2, -0.15) is 0 Å². The smallest absolute Gasteiger partial charge is 0.252 e. The van der Waals surface area contributed by atoms with Crippen molar-refractivity contribution in [1.82, 2.24) is 0 Å². The van der Waals surface area contributed by atoms with E-state index in [1.54, 1.807) is 0 Å². The molecular weight excluding hydrogens is 784 g/mol. The molecule has 2 aliphatic rings. The average Bonchev–Trinajstić information content (AvgIpc) is 3.39. The first-order chi connectivity index (χ1) is 32.2. The number of anilines is 6. The van der Waals surface area contributed by atoms with Crippen molar-refractivity contribution in [1.29, 1.82) is 0 Å². The van der Waals surface area contributed by atoms with Crippen molar-refractivity contribution in [3.8, 4) is 44.5 Å². The van der Waals surface area contributed by atoms with E-state index in [2.05, 4.69) is 259 Å². The molecule has 2 heterocycles. The summed E-state index contributed by atoms with van der Waals surface area (Å²) in [6.45, 7) is -0.0244. The van der Waals surface area contributed by atoms with Gasteiger partial charge in [-0.3, -0.25) is 0 Å². The van der Waals surface area contributed by atoms with E-state index in [0.29, 0.717) is 0 Å². The molecule has 0 saturated carbocycles. The summed E-state index contributed by atoms with van der Waals surface area (Å²) in [5, 5.41) is 4.92. The third-order valence-corrected chi connectivity index (χ3v) is 13.6. The monoisotopic (exact) mass is 824 g/mol. The Kier molecular flexibility index (Phi) is 8.67. The minimum atomic E-state index is -0.0244. The van der Waals surface area contributed by atoms with Gasteiger partial charge in [0.25, 0.3) is 6.71 Å². The summed E-state index contributed by atoms with van der Waals surface area (Å²) in [7, 11) is 0. The van der Waals surface area contributed by atoms with Crippen LogP contribution >= 0.6 is 0 Å². The van der Waals surface area contributed by atoms with Crippen LogP contribution in [0.25, 0.3) is 66.1 Å². The van der Waals surface area contributed by atoms with Crippen LogP contribution in [-0.2, 0) is 0 Å². The molecule has 0 aromatic heterocycles. The van der Waals surface area contributed by atoms with E-state index >= 15 is 0 Å². The number of hydrogen-bond donors (Lipinski definition) is 0. The van der Waals surface area contributed by atoms with Gasteiger partial charge in [-0.05, 0) is 114 Å². The average molecular weight is 825 g/mol. The lowest BCUT2D eigenvalue weighted by molar-refractivity contribution is 1.27. The van der Waals surface area contributed by atoms with Gasteiger partial charge in [-0.1, -0.05) is 206 Å². The normalized spacial score (nSPS) is 12.5. The second-order valence-corrected chi connectivity index (χ2v) is 17.3. The van der Waals surface area contributed by atoms with E-state index in [-0.39, 0.29) is 6.71 Å². The van der Waals surface area contributed by atoms with Gasteiger partial charge < -0.3 is 9.80 Å². The van der Waals surface area contributed by atoms with Gasteiger partial charge in [0.05, 0.1) is 0 Å². The van der Waals surface area contributed by atoms with Gasteiger partial charge >= 0.3 is 0 Å². The molecule has 0 spiro atoms. The lowest BCUT2D eigenvalue weighted by Crippen LogP contribution is -2.61. The topological polar surface area (TPSA) is 6.48 Å². The van der Waals surface area contributed by atoms with E-state index in [1.807, 2.05) is 0 Å². The van der Waals surface area contributed by atoms with Crippen LogP contribution in [0.5, 0.6) is 0 Å². The van der Waals surface area contributed by atoms with Gasteiger partial charge in [0, 0.05) is 44.9 Å². The summed E-state index contributed by atoms with van der Waals surface area (Å²) in [6, 6.07) is 91.8. The molecule has 0 radical (unpaired) electrons. The third-order valence-electron chi connectivity index (χ3n) is 13.6. The third kappa shape index (κ3) is 6.12. The summed E-state index contributed by atoms with van der Waals surface area (Å²) in [5.74, 6) is 0. The number of benzene rings is 11. The highest BCUT2D eigenvalue weighted by Crippen LogP contribution is 2.49. The molecule has 13 rings (SSSR count). The van der Waals surface area contributed by atoms with Gasteiger partial charge in [0.1, 0.15) is 0 Å². The SMILES string of the molecule is c1ccc(-c2ccc(N3c4cc(-c5cccc(-c6ccccc6)c5)cc5c4B(c4ccc6ccccc6c43)c3ccc4ccccc4c3N5c3ccc(-c4ccccc4)cc3)cc2)cc1. The highest BCUT2D eigenvalue weighted by atomic mass is 15.2. The summed E-state index contributed by atoms with van der Waals surface area (Å²) >= 11 is 0. The Hall–Kier alpha value is -8.40. The zero-order valence-corrected chi connectivity index (χ0v) is 35.6. The Morgan fingerprint density at radius 1 is 0.262 bits per heavy atom. The first kappa shape index (κ1) is 37.2. The molecule has 11 aromatic carbocycles. The van der Waals surface area contributed by atoms with Crippen molar-refractivity contribution in [3.05, 3.63) is 249 Å². The Labute approximate surface area is 380 Å². The maximum atomic E-state index is 2.56. The van der Waals surface area contributed by atoms with E-state index in [9.17, 15) is 0 Å². The van der Waals surface area contributed by atoms with E-state index < -0.39 is 0 Å². The minimum Gasteiger partial charge on any atom is -0.311 e. The van der Waals surface area contributed by atoms with Gasteiger partial charge in [0.15, 0.2) is 0 Å². The van der Waals surface area contributed by atoms with Crippen LogP contribution in [0, 0.1) is 0 Å². The molecule has 0 saturated heterocycles. The Morgan fingerprint density at radius 2 is 0.631 bits per heavy atom. The van der Waals surface area contributed by atoms with Crippen LogP contribution in [0.4, 0.5) is 34.1 Å². The highest BCUT2D eigenvalue weighted by Gasteiger charge is 2.44. The van der Waals surface area contributed by atoms with Gasteiger partial charge in [0.2, 0.25) is 0 Å². The highest BCUT2D eigenvalue weighted by molar-refractivity contribution is 7.00. The molecule has 302 valence electrons. The van der Waals surface area contributed by atoms with E-state index in [0.717, 1.165) is 11.4 Å². The number of rotatable bonds is 6. The van der Waals surface area contributed by atoms with Crippen LogP contribution in [0.2, 0.25) is 0 Å². The number of fused-ring (bicyclic) bond motifs is 8. The Bertz CT molecular complexity index is 3390. The Balaban J connectivity index is 1.13. The molecule has 2 nitrogen and oxygen atoms in total. The summed E-state index contributed by atoms with van der Waals surface area (Å²) in [4.78, 5) is 5.13. The van der Waals surface area contributed by atoms with Gasteiger partial charge in [-0.15, -0.1) is 0 Å². The predicted octanol–water partition coefficient (Wildman–Crippen LogP) is 14.7. The van der Waals surface area contributed by atoms with Crippen molar-refractivity contribution in [2.75, 3.05) is 9.80 Å². The fraction of sp³-hybridized carbons (Fsp3) is 0. The van der Waals surface area contributed by atoms with Crippen LogP contribution < -0.4 is 26.2 Å². The molecule has 0 fully saturated rings. The Morgan fingerprint density at radius 3 is 1.09 bits per heavy atom. The molecule has 2 aliphatic heterocycles. The molecule has 3 heteroatoms. The molecule has 0 unspecified atom stereocenters. The lowest BCUT2D eigenvalue weighted by Gasteiger charge is -2.45. The van der Waals surface area contributed by atoms with E-state index in [1.165, 1.54) is 105 Å². The minimum absolute atomic E-state index is 0.0244. The zero-order chi connectivity index (χ0) is 42.8. The maximum Gasteiger partial charge on any atom is 0.252 e. The summed E-state index contributed by atoms with van der Waals surface area (Å²) in [6.07, 6.45) is 0. The molecule has 0 aliphatic carbocycles. The molecule has 0 bridgehead atoms. The summed E-state index contributed by atoms with van der Waals surface area (Å²) in [5.41, 5.74) is 20.6. The fourth-order valence-corrected chi connectivity index (χ4v) is 10.6. The predicted molar refractivity (Wildman–Crippen MR) is 277 cm³/mol. The van der Waals surface area contributed by atoms with Crippen molar-refractivity contribution in [3.63, 3.8) is 0 Å². The number of nitrogens with zero attached hydrogens (tertiary/aromatic N) is 2. The van der Waals surface area contributed by atoms with Crippen LogP contribution in [-0.4, -0.2) is 6.71 Å². The maximum absolute atomic E-state index is 2.56. The lowest BCUT2D eigenvalue weighted by atomic mass is 9.33. The molecular formula is C62H41BN2. The second-order valence-electron chi connectivity index (χ2n) is 17.3. The second kappa shape index (κ2) is 15.2. The van der Waals surface area contributed by atoms with Gasteiger partial charge in [-0.25, -0.2) is 0 Å². The number of hydrogen-bond acceptors (Lipinski definition) is 2. The van der Waals surface area contributed by atoms with Crippen LogP contribution in [0.15, 0.2) is 249 Å². The molecule has 0 amide bonds. The standard InChI is InChI=1S/C62H41BN2/c1-4-15-42(16-5-1)45-27-33-52(34-28-45)64-58-40-51(50-24-14-23-49(39-50)44-19-8-3-9-20-44)41-59-60(58)63(56-37-31-47-21-10-12-25-54(47)61(56)64)57-38-32-48-22-11-13-26-55(48)62(57)65(59)53-35-29-46(30-36-53)43-17-6-2-7-18-43/h1-41H. The first-order valence-electron chi connectivity index (χ1n) is 22.5. The van der Waals surface area contributed by atoms with Crippen LogP contribution in [0.1, 0.15) is 0 Å². The van der Waals surface area contributed by atoms with Crippen molar-refractivity contribution in [2.24, 2.45) is 0 Å². The molecule has 0 atom stereocenters. The first-order valence-corrected chi connectivity index (χ1v) is 22.5. The molecule has 0 N–H and O–H groups in total. The zero-order valence-electron chi connectivity index (χ0n) is 35.6. The van der Waals surface area contributed by atoms with Crippen molar-refractivity contribution < 1.29 is 0 Å². The van der Waals surface area contributed by atoms with Crippen LogP contribution in [0.3, 0.4) is 0 Å².